The molecule has 0 unspecified atom stereocenters. The third-order valence-corrected chi connectivity index (χ3v) is 6.62. The number of aliphatic hydroxyl groups excluding tert-OH is 3. The Labute approximate surface area is 225 Å². The van der Waals surface area contributed by atoms with Gasteiger partial charge in [-0.15, -0.1) is 0 Å². The first-order chi connectivity index (χ1) is 18.8. The lowest BCUT2D eigenvalue weighted by Gasteiger charge is -2.28. The number of hydrogen-bond donors (Lipinski definition) is 5. The van der Waals surface area contributed by atoms with Crippen molar-refractivity contribution in [1.29, 1.82) is 0 Å². The second kappa shape index (κ2) is 11.8. The Morgan fingerprint density at radius 1 is 0.923 bits per heavy atom. The first-order valence-electron chi connectivity index (χ1n) is 12.7. The van der Waals surface area contributed by atoms with Crippen LogP contribution in [0.1, 0.15) is 41.0 Å². The van der Waals surface area contributed by atoms with Crippen molar-refractivity contribution in [3.63, 3.8) is 0 Å². The van der Waals surface area contributed by atoms with E-state index in [0.29, 0.717) is 51.2 Å². The Balaban J connectivity index is 1.87. The third-order valence-electron chi connectivity index (χ3n) is 6.62. The Hall–Kier alpha value is -4.05. The first-order valence-corrected chi connectivity index (χ1v) is 12.7. The molecule has 0 bridgehead atoms. The molecule has 204 valence electrons. The maximum absolute atomic E-state index is 13.6. The maximum atomic E-state index is 13.6. The molecule has 0 fully saturated rings. The molecule has 0 aliphatic carbocycles. The van der Waals surface area contributed by atoms with Crippen molar-refractivity contribution in [2.24, 2.45) is 0 Å². The summed E-state index contributed by atoms with van der Waals surface area (Å²) in [5, 5.41) is 35.2. The summed E-state index contributed by atoms with van der Waals surface area (Å²) in [5.41, 5.74) is 2.25. The highest BCUT2D eigenvalue weighted by molar-refractivity contribution is 6.13. The third kappa shape index (κ3) is 5.56. The SMILES string of the molecule is CCNc1cc2oc(-c3ccc(F)cc3)c(C(=O)CC)c2cc1-c1cccc(C(=O)NC(CO)(CO)CO)c1. The number of benzene rings is 3. The zero-order valence-electron chi connectivity index (χ0n) is 21.8. The van der Waals surface area contributed by atoms with Gasteiger partial charge in [-0.3, -0.25) is 9.59 Å². The number of amides is 1. The van der Waals surface area contributed by atoms with Crippen molar-refractivity contribution < 1.29 is 33.7 Å². The molecule has 1 aromatic heterocycles. The number of carbonyl (C=O) groups excluding carboxylic acids is 2. The molecule has 1 heterocycles. The quantitative estimate of drug-likeness (QED) is 0.181. The maximum Gasteiger partial charge on any atom is 0.251 e. The number of furan rings is 1. The Morgan fingerprint density at radius 3 is 2.23 bits per heavy atom. The number of Topliss-reactive ketones (excluding diaryl/α,β-unsaturated/α-hetero) is 1. The van der Waals surface area contributed by atoms with E-state index in [0.717, 1.165) is 0 Å². The summed E-state index contributed by atoms with van der Waals surface area (Å²) in [4.78, 5) is 26.1. The van der Waals surface area contributed by atoms with Gasteiger partial charge in [0, 0.05) is 46.8 Å². The molecule has 1 amide bonds. The molecular weight excluding hydrogens is 503 g/mol. The fourth-order valence-electron chi connectivity index (χ4n) is 4.39. The molecule has 3 aromatic carbocycles. The van der Waals surface area contributed by atoms with Gasteiger partial charge in [0.1, 0.15) is 22.7 Å². The Bertz CT molecular complexity index is 1480. The second-order valence-corrected chi connectivity index (χ2v) is 9.30. The van der Waals surface area contributed by atoms with Crippen molar-refractivity contribution in [2.45, 2.75) is 25.8 Å². The van der Waals surface area contributed by atoms with E-state index in [4.69, 9.17) is 4.42 Å². The van der Waals surface area contributed by atoms with E-state index < -0.39 is 37.1 Å². The molecule has 0 saturated heterocycles. The smallest absolute Gasteiger partial charge is 0.251 e. The molecule has 4 rings (SSSR count). The van der Waals surface area contributed by atoms with Crippen LogP contribution >= 0.6 is 0 Å². The number of nitrogens with one attached hydrogen (secondary N) is 2. The standard InChI is InChI=1S/C30H31FN2O6/c1-3-25(37)27-23-13-22(19-6-5-7-20(12-19)29(38)33-30(15-34,16-35)17-36)24(32-4-2)14-26(23)39-28(27)18-8-10-21(31)11-9-18/h5-14,32,34-36H,3-4,15-17H2,1-2H3,(H,33,38). The minimum atomic E-state index is -1.57. The van der Waals surface area contributed by atoms with E-state index >= 15 is 0 Å². The number of aliphatic hydroxyl groups is 3. The predicted octanol–water partition coefficient (Wildman–Crippen LogP) is 4.38. The van der Waals surface area contributed by atoms with Gasteiger partial charge in [0.25, 0.3) is 5.91 Å². The van der Waals surface area contributed by atoms with Gasteiger partial charge in [0.15, 0.2) is 5.78 Å². The summed E-state index contributed by atoms with van der Waals surface area (Å²) in [5.74, 6) is -0.744. The molecule has 39 heavy (non-hydrogen) atoms. The van der Waals surface area contributed by atoms with Crippen LogP contribution in [-0.4, -0.2) is 58.9 Å². The molecular formula is C30H31FN2O6. The van der Waals surface area contributed by atoms with Crippen molar-refractivity contribution in [3.8, 4) is 22.5 Å². The van der Waals surface area contributed by atoms with Crippen LogP contribution in [0.5, 0.6) is 0 Å². The van der Waals surface area contributed by atoms with Crippen molar-refractivity contribution in [2.75, 3.05) is 31.7 Å². The monoisotopic (exact) mass is 534 g/mol. The lowest BCUT2D eigenvalue weighted by Crippen LogP contribution is -2.57. The molecule has 0 saturated carbocycles. The van der Waals surface area contributed by atoms with E-state index in [2.05, 4.69) is 10.6 Å². The number of halogens is 1. The number of ketones is 1. The summed E-state index contributed by atoms with van der Waals surface area (Å²) in [6.07, 6.45) is 0.241. The molecule has 8 nitrogen and oxygen atoms in total. The summed E-state index contributed by atoms with van der Waals surface area (Å²) < 4.78 is 19.7. The van der Waals surface area contributed by atoms with E-state index in [1.807, 2.05) is 19.1 Å². The highest BCUT2D eigenvalue weighted by atomic mass is 19.1. The number of carbonyl (C=O) groups is 2. The Kier molecular flexibility index (Phi) is 8.44. The summed E-state index contributed by atoms with van der Waals surface area (Å²) >= 11 is 0. The van der Waals surface area contributed by atoms with Crippen molar-refractivity contribution >= 4 is 28.3 Å². The van der Waals surface area contributed by atoms with Crippen LogP contribution in [0.25, 0.3) is 33.4 Å². The zero-order valence-corrected chi connectivity index (χ0v) is 21.8. The van der Waals surface area contributed by atoms with Crippen LogP contribution in [0.15, 0.2) is 65.1 Å². The lowest BCUT2D eigenvalue weighted by atomic mass is 9.95. The van der Waals surface area contributed by atoms with Crippen molar-refractivity contribution in [1.82, 2.24) is 5.32 Å². The number of fused-ring (bicyclic) bond motifs is 1. The largest absolute Gasteiger partial charge is 0.455 e. The van der Waals surface area contributed by atoms with Gasteiger partial charge in [-0.05, 0) is 55.0 Å². The summed E-state index contributed by atoms with van der Waals surface area (Å²) in [6, 6.07) is 16.1. The summed E-state index contributed by atoms with van der Waals surface area (Å²) in [7, 11) is 0. The minimum Gasteiger partial charge on any atom is -0.455 e. The predicted molar refractivity (Wildman–Crippen MR) is 147 cm³/mol. The van der Waals surface area contributed by atoms with Gasteiger partial charge in [0.05, 0.1) is 25.4 Å². The van der Waals surface area contributed by atoms with Gasteiger partial charge >= 0.3 is 0 Å². The van der Waals surface area contributed by atoms with Crippen LogP contribution < -0.4 is 10.6 Å². The number of rotatable bonds is 11. The fourth-order valence-corrected chi connectivity index (χ4v) is 4.39. The van der Waals surface area contributed by atoms with Gasteiger partial charge in [-0.1, -0.05) is 19.1 Å². The molecule has 0 spiro atoms. The molecule has 5 N–H and O–H groups in total. The average molecular weight is 535 g/mol. The molecule has 4 aromatic rings. The van der Waals surface area contributed by atoms with Crippen LogP contribution in [0, 0.1) is 5.82 Å². The highest BCUT2D eigenvalue weighted by Crippen LogP contribution is 2.40. The number of hydrogen-bond acceptors (Lipinski definition) is 7. The summed E-state index contributed by atoms with van der Waals surface area (Å²) in [6.45, 7) is 2.37. The lowest BCUT2D eigenvalue weighted by molar-refractivity contribution is 0.0375. The van der Waals surface area contributed by atoms with Crippen LogP contribution in [0.4, 0.5) is 10.1 Å². The van der Waals surface area contributed by atoms with Crippen LogP contribution in [0.2, 0.25) is 0 Å². The average Bonchev–Trinajstić information content (AvgIpc) is 3.34. The van der Waals surface area contributed by atoms with Crippen LogP contribution in [-0.2, 0) is 0 Å². The minimum absolute atomic E-state index is 0.128. The Morgan fingerprint density at radius 2 is 1.62 bits per heavy atom. The van der Waals surface area contributed by atoms with Gasteiger partial charge in [-0.25, -0.2) is 4.39 Å². The van der Waals surface area contributed by atoms with E-state index in [9.17, 15) is 29.3 Å². The van der Waals surface area contributed by atoms with E-state index in [-0.39, 0.29) is 17.8 Å². The highest BCUT2D eigenvalue weighted by Gasteiger charge is 2.30. The molecule has 0 radical (unpaired) electrons. The molecule has 0 aliphatic heterocycles. The number of anilines is 1. The van der Waals surface area contributed by atoms with Gasteiger partial charge < -0.3 is 30.4 Å². The zero-order chi connectivity index (χ0) is 28.2. The van der Waals surface area contributed by atoms with Crippen molar-refractivity contribution in [3.05, 3.63) is 77.6 Å². The topological polar surface area (TPSA) is 132 Å². The van der Waals surface area contributed by atoms with Crippen LogP contribution in [0.3, 0.4) is 0 Å². The fraction of sp³-hybridized carbons (Fsp3) is 0.267. The molecule has 0 atom stereocenters. The van der Waals surface area contributed by atoms with E-state index in [1.54, 1.807) is 43.3 Å². The van der Waals surface area contributed by atoms with E-state index in [1.165, 1.54) is 12.1 Å². The van der Waals surface area contributed by atoms with Gasteiger partial charge in [0.2, 0.25) is 0 Å². The first kappa shape index (κ1) is 28.0. The molecule has 0 aliphatic rings. The normalized spacial score (nSPS) is 11.5. The second-order valence-electron chi connectivity index (χ2n) is 9.30. The van der Waals surface area contributed by atoms with Gasteiger partial charge in [-0.2, -0.15) is 0 Å². The molecule has 9 heteroatoms.